The van der Waals surface area contributed by atoms with Crippen LogP contribution in [-0.4, -0.2) is 56.6 Å². The van der Waals surface area contributed by atoms with Gasteiger partial charge in [-0.1, -0.05) is 76.1 Å². The minimum Gasteiger partial charge on any atom is -0.352 e. The van der Waals surface area contributed by atoms with Gasteiger partial charge in [-0.2, -0.15) is 0 Å². The lowest BCUT2D eigenvalue weighted by Crippen LogP contribution is -2.54. The third kappa shape index (κ3) is 8.06. The number of amides is 2. The van der Waals surface area contributed by atoms with Gasteiger partial charge < -0.3 is 10.2 Å². The standard InChI is InChI=1S/C29H41N3O4S/c1-5-27(29(34)30-25-13-9-10-14-25)31(20-19-23-11-7-6-8-12-23)28(33)21-32(37(4,35)36)26-17-15-24(16-18-26)22(2)3/h6-8,11-12,15-18,22,25,27H,5,9-10,13-14,19-21H2,1-4H3,(H,30,34). The first-order chi connectivity index (χ1) is 17.6. The molecule has 7 nitrogen and oxygen atoms in total. The molecule has 0 heterocycles. The second-order valence-electron chi connectivity index (χ2n) is 10.3. The number of carbonyl (C=O) groups excluding carboxylic acids is 2. The van der Waals surface area contributed by atoms with E-state index in [-0.39, 0.29) is 24.4 Å². The van der Waals surface area contributed by atoms with Crippen LogP contribution >= 0.6 is 0 Å². The van der Waals surface area contributed by atoms with E-state index in [9.17, 15) is 18.0 Å². The van der Waals surface area contributed by atoms with Crippen molar-refractivity contribution in [3.8, 4) is 0 Å². The molecule has 2 amide bonds. The summed E-state index contributed by atoms with van der Waals surface area (Å²) in [6.45, 7) is 5.99. The van der Waals surface area contributed by atoms with E-state index in [1.807, 2.05) is 49.4 Å². The largest absolute Gasteiger partial charge is 0.352 e. The maximum absolute atomic E-state index is 13.8. The van der Waals surface area contributed by atoms with Crippen molar-refractivity contribution in [2.45, 2.75) is 77.3 Å². The second-order valence-corrected chi connectivity index (χ2v) is 12.2. The van der Waals surface area contributed by atoms with Gasteiger partial charge in [0, 0.05) is 12.6 Å². The fourth-order valence-electron chi connectivity index (χ4n) is 4.90. The molecule has 1 aliphatic rings. The Bertz CT molecular complexity index is 1130. The summed E-state index contributed by atoms with van der Waals surface area (Å²) in [4.78, 5) is 28.6. The molecule has 1 unspecified atom stereocenters. The van der Waals surface area contributed by atoms with Gasteiger partial charge in [0.2, 0.25) is 21.8 Å². The van der Waals surface area contributed by atoms with Crippen molar-refractivity contribution in [2.24, 2.45) is 0 Å². The quantitative estimate of drug-likeness (QED) is 0.441. The van der Waals surface area contributed by atoms with Crippen molar-refractivity contribution in [1.82, 2.24) is 10.2 Å². The Labute approximate surface area is 222 Å². The number of nitrogens with one attached hydrogen (secondary N) is 1. The van der Waals surface area contributed by atoms with E-state index in [1.54, 1.807) is 17.0 Å². The van der Waals surface area contributed by atoms with Crippen LogP contribution in [0.3, 0.4) is 0 Å². The van der Waals surface area contributed by atoms with Crippen molar-refractivity contribution >= 4 is 27.5 Å². The Morgan fingerprint density at radius 1 is 1.00 bits per heavy atom. The van der Waals surface area contributed by atoms with Crippen LogP contribution in [0.1, 0.15) is 69.9 Å². The van der Waals surface area contributed by atoms with E-state index in [0.29, 0.717) is 31.0 Å². The molecule has 0 aliphatic heterocycles. The molecule has 1 atom stereocenters. The van der Waals surface area contributed by atoms with Gasteiger partial charge in [0.25, 0.3) is 0 Å². The Morgan fingerprint density at radius 2 is 1.62 bits per heavy atom. The van der Waals surface area contributed by atoms with E-state index in [2.05, 4.69) is 19.2 Å². The summed E-state index contributed by atoms with van der Waals surface area (Å²) in [5.74, 6) is -0.245. The normalized spacial score (nSPS) is 14.9. The van der Waals surface area contributed by atoms with E-state index in [4.69, 9.17) is 0 Å². The van der Waals surface area contributed by atoms with Crippen molar-refractivity contribution < 1.29 is 18.0 Å². The van der Waals surface area contributed by atoms with Crippen LogP contribution in [0.15, 0.2) is 54.6 Å². The van der Waals surface area contributed by atoms with Crippen LogP contribution in [0.25, 0.3) is 0 Å². The molecule has 0 aromatic heterocycles. The molecule has 3 rings (SSSR count). The average molecular weight is 528 g/mol. The summed E-state index contributed by atoms with van der Waals surface area (Å²) in [5, 5.41) is 3.13. The molecule has 1 fully saturated rings. The molecule has 1 saturated carbocycles. The van der Waals surface area contributed by atoms with Gasteiger partial charge in [0.1, 0.15) is 12.6 Å². The molecule has 2 aromatic rings. The summed E-state index contributed by atoms with van der Waals surface area (Å²) >= 11 is 0. The van der Waals surface area contributed by atoms with E-state index < -0.39 is 16.1 Å². The molecule has 37 heavy (non-hydrogen) atoms. The Kier molecular flexibility index (Phi) is 10.1. The highest BCUT2D eigenvalue weighted by Gasteiger charge is 2.32. The lowest BCUT2D eigenvalue weighted by molar-refractivity contribution is -0.139. The molecule has 202 valence electrons. The molecule has 1 aliphatic carbocycles. The maximum atomic E-state index is 13.8. The number of sulfonamides is 1. The third-order valence-corrected chi connectivity index (χ3v) is 8.24. The van der Waals surface area contributed by atoms with E-state index in [1.165, 1.54) is 0 Å². The molecule has 1 N–H and O–H groups in total. The van der Waals surface area contributed by atoms with Crippen LogP contribution < -0.4 is 9.62 Å². The monoisotopic (exact) mass is 527 g/mol. The summed E-state index contributed by atoms with van der Waals surface area (Å²) in [6, 6.07) is 16.5. The van der Waals surface area contributed by atoms with Crippen LogP contribution in [0.4, 0.5) is 5.69 Å². The van der Waals surface area contributed by atoms with Crippen LogP contribution in [-0.2, 0) is 26.0 Å². The first-order valence-electron chi connectivity index (χ1n) is 13.3. The SMILES string of the molecule is CCC(C(=O)NC1CCCC1)N(CCc1ccccc1)C(=O)CN(c1ccc(C(C)C)cc1)S(C)(=O)=O. The Balaban J connectivity index is 1.86. The van der Waals surface area contributed by atoms with Gasteiger partial charge in [-0.3, -0.25) is 13.9 Å². The lowest BCUT2D eigenvalue weighted by atomic mass is 10.0. The Hall–Kier alpha value is -2.87. The number of hydrogen-bond acceptors (Lipinski definition) is 4. The number of carbonyl (C=O) groups is 2. The first-order valence-corrected chi connectivity index (χ1v) is 15.2. The molecule has 2 aromatic carbocycles. The van der Waals surface area contributed by atoms with Crippen molar-refractivity contribution in [1.29, 1.82) is 0 Å². The zero-order valence-electron chi connectivity index (χ0n) is 22.5. The molecule has 0 spiro atoms. The summed E-state index contributed by atoms with van der Waals surface area (Å²) in [6.07, 6.45) is 6.22. The van der Waals surface area contributed by atoms with Crippen LogP contribution in [0.5, 0.6) is 0 Å². The summed E-state index contributed by atoms with van der Waals surface area (Å²) in [5.41, 5.74) is 2.57. The minimum absolute atomic E-state index is 0.139. The molecule has 0 bridgehead atoms. The van der Waals surface area contributed by atoms with Crippen LogP contribution in [0, 0.1) is 0 Å². The van der Waals surface area contributed by atoms with Crippen molar-refractivity contribution in [2.75, 3.05) is 23.7 Å². The smallest absolute Gasteiger partial charge is 0.244 e. The molecule has 8 heteroatoms. The fraction of sp³-hybridized carbons (Fsp3) is 0.517. The number of nitrogens with zero attached hydrogens (tertiary/aromatic N) is 2. The second kappa shape index (κ2) is 13.1. The van der Waals surface area contributed by atoms with Crippen LogP contribution in [0.2, 0.25) is 0 Å². The minimum atomic E-state index is -3.73. The molecule has 0 radical (unpaired) electrons. The maximum Gasteiger partial charge on any atom is 0.244 e. The highest BCUT2D eigenvalue weighted by atomic mass is 32.2. The molecule has 0 saturated heterocycles. The highest BCUT2D eigenvalue weighted by molar-refractivity contribution is 7.92. The Morgan fingerprint density at radius 3 is 2.16 bits per heavy atom. The topological polar surface area (TPSA) is 86.8 Å². The predicted octanol–water partition coefficient (Wildman–Crippen LogP) is 4.48. The van der Waals surface area contributed by atoms with Crippen molar-refractivity contribution in [3.63, 3.8) is 0 Å². The number of anilines is 1. The molecular weight excluding hydrogens is 486 g/mol. The average Bonchev–Trinajstić information content (AvgIpc) is 3.37. The van der Waals surface area contributed by atoms with Gasteiger partial charge in [0.05, 0.1) is 11.9 Å². The first kappa shape index (κ1) is 28.7. The fourth-order valence-corrected chi connectivity index (χ4v) is 5.75. The lowest BCUT2D eigenvalue weighted by Gasteiger charge is -2.33. The van der Waals surface area contributed by atoms with Gasteiger partial charge in [-0.25, -0.2) is 8.42 Å². The number of benzene rings is 2. The van der Waals surface area contributed by atoms with Gasteiger partial charge >= 0.3 is 0 Å². The van der Waals surface area contributed by atoms with E-state index >= 15 is 0 Å². The van der Waals surface area contributed by atoms with Gasteiger partial charge in [-0.05, 0) is 54.9 Å². The van der Waals surface area contributed by atoms with Gasteiger partial charge in [0.15, 0.2) is 0 Å². The number of hydrogen-bond donors (Lipinski definition) is 1. The summed E-state index contributed by atoms with van der Waals surface area (Å²) in [7, 11) is -3.73. The van der Waals surface area contributed by atoms with Gasteiger partial charge in [-0.15, -0.1) is 0 Å². The molecular formula is C29H41N3O4S. The zero-order valence-corrected chi connectivity index (χ0v) is 23.3. The predicted molar refractivity (Wildman–Crippen MR) is 149 cm³/mol. The van der Waals surface area contributed by atoms with E-state index in [0.717, 1.165) is 47.4 Å². The van der Waals surface area contributed by atoms with Crippen molar-refractivity contribution in [3.05, 3.63) is 65.7 Å². The summed E-state index contributed by atoms with van der Waals surface area (Å²) < 4.78 is 26.7. The number of rotatable bonds is 12. The third-order valence-electron chi connectivity index (χ3n) is 7.10. The highest BCUT2D eigenvalue weighted by Crippen LogP contribution is 2.23. The zero-order chi connectivity index (χ0) is 27.0.